The maximum Gasteiger partial charge on any atom is -0.0496 e. The third kappa shape index (κ3) is 8.89. The number of carbonyl (C=O) groups is 3. The number of amides is 1. The van der Waals surface area contributed by atoms with Crippen LogP contribution in [-0.2, 0) is 32.1 Å². The number of hydrogen-bond donors (Lipinski definition) is 2. The van der Waals surface area contributed by atoms with Gasteiger partial charge in [0, 0.05) is 6.42 Å². The summed E-state index contributed by atoms with van der Waals surface area (Å²) in [5.41, 5.74) is 6.45. The number of nitrogens with zero attached hydrogens (tertiary/aromatic N) is 1. The molecule has 0 radical (unpaired) electrons. The predicted molar refractivity (Wildman–Crippen MR) is 165 cm³/mol. The van der Waals surface area contributed by atoms with Gasteiger partial charge in [0.05, 0.1) is 0 Å². The third-order valence-electron chi connectivity index (χ3n) is 8.61. The molecule has 5 rings (SSSR count). The van der Waals surface area contributed by atoms with E-state index in [-0.39, 0.29) is 64.1 Å². The first-order chi connectivity index (χ1) is 19.8. The SMILES string of the molecule is Cc1cc(C)cc(COC(=O)CC2CCC(CC3CC(C(=O)Nc4ccc5c(c4)N=I[I-]NCC5)CC3=O)CC2)c1. The summed E-state index contributed by atoms with van der Waals surface area (Å²) in [5.74, 6) is 0.637. The van der Waals surface area contributed by atoms with E-state index >= 15 is 0 Å². The molecule has 1 amide bonds. The van der Waals surface area contributed by atoms with Gasteiger partial charge in [-0.2, -0.15) is 0 Å². The maximum atomic E-state index is 13.1. The van der Waals surface area contributed by atoms with Crippen molar-refractivity contribution in [2.24, 2.45) is 26.8 Å². The predicted octanol–water partition coefficient (Wildman–Crippen LogP) is 4.02. The van der Waals surface area contributed by atoms with E-state index in [2.05, 4.69) is 47.0 Å². The van der Waals surface area contributed by atoms with E-state index < -0.39 is 0 Å². The summed E-state index contributed by atoms with van der Waals surface area (Å²) in [6.07, 6.45) is 7.36. The third-order valence-corrected chi connectivity index (χ3v) is 14.7. The van der Waals surface area contributed by atoms with Gasteiger partial charge >= 0.3 is 159 Å². The number of ketones is 1. The van der Waals surface area contributed by atoms with E-state index in [0.29, 0.717) is 37.7 Å². The summed E-state index contributed by atoms with van der Waals surface area (Å²) in [6.45, 7) is 5.45. The van der Waals surface area contributed by atoms with Crippen molar-refractivity contribution < 1.29 is 36.6 Å². The van der Waals surface area contributed by atoms with Crippen molar-refractivity contribution in [3.63, 3.8) is 0 Å². The Balaban J connectivity index is 1.04. The van der Waals surface area contributed by atoms with Crippen LogP contribution in [0.15, 0.2) is 39.5 Å². The molecule has 2 N–H and O–H groups in total. The van der Waals surface area contributed by atoms with Crippen LogP contribution in [0.25, 0.3) is 0 Å². The number of Topliss-reactive ketones (excluding diaryl/α,β-unsaturated/α-hetero) is 1. The molecule has 2 unspecified atom stereocenters. The molecule has 1 heterocycles. The molecule has 2 atom stereocenters. The molecule has 2 aromatic rings. The summed E-state index contributed by atoms with van der Waals surface area (Å²) >= 11 is -0.142. The van der Waals surface area contributed by atoms with Gasteiger partial charge in [-0.1, -0.05) is 42.2 Å². The Morgan fingerprint density at radius 1 is 1.07 bits per heavy atom. The number of nitrogens with one attached hydrogen (secondary N) is 2. The zero-order valence-electron chi connectivity index (χ0n) is 23.9. The number of halogens is 2. The van der Waals surface area contributed by atoms with E-state index in [0.717, 1.165) is 62.0 Å². The van der Waals surface area contributed by atoms with E-state index in [1.165, 1.54) is 16.7 Å². The standard InChI is InChI=1S/C32H40I2N3O4/c1-20-11-21(2)13-24(12-20)19-41-31(39)15-23-5-3-22(4-6-23)14-26-16-27(17-30(26)38)32(40)36-28-8-7-25-9-10-35-33-34-37-29(25)18-28/h7-8,11-13,18,22-23,26-27,35H,3-6,9-10,14-17,19H2,1-2H3,(H,36,40)/q-1. The van der Waals surface area contributed by atoms with Gasteiger partial charge < -0.3 is 4.74 Å². The Bertz CT molecular complexity index is 1290. The molecule has 9 heteroatoms. The van der Waals surface area contributed by atoms with Gasteiger partial charge in [-0.05, 0) is 38.2 Å². The number of hydrogen-bond acceptors (Lipinski definition) is 6. The molecule has 0 saturated heterocycles. The summed E-state index contributed by atoms with van der Waals surface area (Å²) in [6, 6.07) is 12.3. The Morgan fingerprint density at radius 2 is 1.83 bits per heavy atom. The minimum absolute atomic E-state index is 0.0189. The topological polar surface area (TPSA) is 96.9 Å². The minimum Gasteiger partial charge on any atom is -0.0527 e. The van der Waals surface area contributed by atoms with E-state index in [4.69, 9.17) is 7.88 Å². The van der Waals surface area contributed by atoms with Gasteiger partial charge in [-0.25, -0.2) is 0 Å². The molecule has 2 fully saturated rings. The molecule has 2 saturated carbocycles. The van der Waals surface area contributed by atoms with E-state index in [1.54, 1.807) is 0 Å². The second-order valence-corrected chi connectivity index (χ2v) is 19.2. The van der Waals surface area contributed by atoms with Gasteiger partial charge in [-0.3, -0.25) is 4.79 Å². The molecule has 0 spiro atoms. The number of esters is 1. The first kappa shape index (κ1) is 30.7. The van der Waals surface area contributed by atoms with Crippen molar-refractivity contribution in [1.82, 2.24) is 3.53 Å². The van der Waals surface area contributed by atoms with Crippen LogP contribution in [0.2, 0.25) is 0 Å². The largest absolute Gasteiger partial charge is 0.0527 e. The molecule has 222 valence electrons. The molecule has 3 aliphatic rings. The Morgan fingerprint density at radius 3 is 2.61 bits per heavy atom. The number of aryl methyl sites for hydroxylation is 2. The monoisotopic (exact) mass is 784 g/mol. The summed E-state index contributed by atoms with van der Waals surface area (Å²) < 4.78 is 13.9. The number of anilines is 1. The zero-order chi connectivity index (χ0) is 28.8. The quantitative estimate of drug-likeness (QED) is 0.240. The number of ether oxygens (including phenoxy) is 1. The number of rotatable bonds is 8. The van der Waals surface area contributed by atoms with Crippen LogP contribution in [0.4, 0.5) is 11.4 Å². The molecule has 41 heavy (non-hydrogen) atoms. The molecular weight excluding hydrogens is 744 g/mol. The van der Waals surface area contributed by atoms with Crippen LogP contribution in [-0.4, -0.2) is 24.2 Å². The van der Waals surface area contributed by atoms with Gasteiger partial charge in [0.15, 0.2) is 0 Å². The van der Waals surface area contributed by atoms with E-state index in [1.807, 2.05) is 12.1 Å². The van der Waals surface area contributed by atoms with Crippen LogP contribution >= 0.6 is 17.1 Å². The van der Waals surface area contributed by atoms with Crippen molar-refractivity contribution in [3.05, 3.63) is 58.7 Å². The van der Waals surface area contributed by atoms with Crippen molar-refractivity contribution in [2.75, 3.05) is 11.9 Å². The van der Waals surface area contributed by atoms with Gasteiger partial charge in [-0.15, -0.1) is 0 Å². The minimum atomic E-state index is -0.253. The zero-order valence-corrected chi connectivity index (χ0v) is 28.2. The maximum absolute atomic E-state index is 13.1. The fraction of sp³-hybridized carbons (Fsp3) is 0.531. The van der Waals surface area contributed by atoms with Crippen molar-refractivity contribution in [1.29, 1.82) is 0 Å². The van der Waals surface area contributed by atoms with Crippen LogP contribution in [0.3, 0.4) is 0 Å². The van der Waals surface area contributed by atoms with Crippen molar-refractivity contribution in [3.8, 4) is 0 Å². The fourth-order valence-corrected chi connectivity index (χ4v) is 12.0. The molecule has 1 aliphatic heterocycles. The summed E-state index contributed by atoms with van der Waals surface area (Å²) in [5, 5.41) is 3.08. The van der Waals surface area contributed by atoms with Crippen molar-refractivity contribution >= 4 is 46.1 Å². The fourth-order valence-electron chi connectivity index (χ4n) is 6.55. The molecular formula is C32H40I2N3O4-. The summed E-state index contributed by atoms with van der Waals surface area (Å²) in [7, 11) is 0. The van der Waals surface area contributed by atoms with Gasteiger partial charge in [0.25, 0.3) is 0 Å². The van der Waals surface area contributed by atoms with Crippen LogP contribution in [0.5, 0.6) is 0 Å². The van der Waals surface area contributed by atoms with Gasteiger partial charge in [0.1, 0.15) is 6.61 Å². The number of carbonyl (C=O) groups excluding carboxylic acids is 3. The molecule has 0 bridgehead atoms. The molecule has 2 aliphatic carbocycles. The smallest absolute Gasteiger partial charge is 0.0496 e. The van der Waals surface area contributed by atoms with Crippen molar-refractivity contribution in [2.45, 2.75) is 78.2 Å². The Hall–Kier alpha value is -1.73. The van der Waals surface area contributed by atoms with Crippen LogP contribution < -0.4 is 26.4 Å². The Kier molecular flexibility index (Phi) is 11.0. The molecule has 7 nitrogen and oxygen atoms in total. The van der Waals surface area contributed by atoms with Gasteiger partial charge in [0.2, 0.25) is 0 Å². The second-order valence-electron chi connectivity index (χ2n) is 12.0. The second kappa shape index (κ2) is 14.6. The average Bonchev–Trinajstić information content (AvgIpc) is 3.29. The normalized spacial score (nSPS) is 24.7. The Labute approximate surface area is 260 Å². The molecule has 2 aromatic carbocycles. The first-order valence-corrected chi connectivity index (χ1v) is 23.1. The van der Waals surface area contributed by atoms with E-state index in [9.17, 15) is 14.4 Å². The molecule has 0 aromatic heterocycles. The summed E-state index contributed by atoms with van der Waals surface area (Å²) in [4.78, 5) is 38.4. The van der Waals surface area contributed by atoms with Crippen LogP contribution in [0, 0.1) is 37.5 Å². The first-order valence-electron chi connectivity index (χ1n) is 14.7. The number of benzene rings is 2. The van der Waals surface area contributed by atoms with Crippen LogP contribution in [0.1, 0.15) is 73.6 Å². The average molecular weight is 784 g/mol. The number of fused-ring (bicyclic) bond motifs is 1.